The zero-order valence-electron chi connectivity index (χ0n) is 35.1. The molecule has 5 aromatic rings. The number of rotatable bonds is 11. The summed E-state index contributed by atoms with van der Waals surface area (Å²) in [5.74, 6) is 0.401. The molecule has 16 nitrogen and oxygen atoms in total. The van der Waals surface area contributed by atoms with Crippen LogP contribution in [-0.2, 0) is 27.8 Å². The van der Waals surface area contributed by atoms with Gasteiger partial charge >= 0.3 is 5.69 Å². The highest BCUT2D eigenvalue weighted by Crippen LogP contribution is 2.38. The quantitative estimate of drug-likeness (QED) is 0.169. The van der Waals surface area contributed by atoms with Gasteiger partial charge in [0.25, 0.3) is 12.3 Å². The van der Waals surface area contributed by atoms with Crippen molar-refractivity contribution in [3.05, 3.63) is 70.2 Å². The molecule has 18 heteroatoms. The molecule has 1 unspecified atom stereocenters. The summed E-state index contributed by atoms with van der Waals surface area (Å²) in [6.07, 6.45) is 12.2. The van der Waals surface area contributed by atoms with E-state index in [1.807, 2.05) is 18.2 Å². The van der Waals surface area contributed by atoms with Gasteiger partial charge in [-0.25, -0.2) is 23.1 Å². The number of hydrogen-bond donors (Lipinski definition) is 2. The number of aryl methyl sites for hydroxylation is 1. The predicted octanol–water partition coefficient (Wildman–Crippen LogP) is 5.19. The average molecular weight is 854 g/mol. The minimum Gasteiger partial charge on any atom is -0.374 e. The number of carbonyl (C=O) groups excluding carboxylic acids is 3. The number of morpholine rings is 1. The van der Waals surface area contributed by atoms with Gasteiger partial charge in [-0.3, -0.25) is 33.5 Å². The summed E-state index contributed by atoms with van der Waals surface area (Å²) >= 11 is 0. The summed E-state index contributed by atoms with van der Waals surface area (Å²) < 4.78 is 40.7. The highest BCUT2D eigenvalue weighted by Gasteiger charge is 2.40. The molecule has 5 aliphatic rings. The maximum Gasteiger partial charge on any atom is 0.329 e. The highest BCUT2D eigenvalue weighted by molar-refractivity contribution is 6.08. The van der Waals surface area contributed by atoms with Gasteiger partial charge in [0, 0.05) is 45.0 Å². The number of anilines is 2. The molecule has 3 saturated heterocycles. The Labute approximate surface area is 356 Å². The first-order chi connectivity index (χ1) is 30.0. The van der Waals surface area contributed by atoms with Gasteiger partial charge in [0.2, 0.25) is 11.8 Å². The second-order valence-corrected chi connectivity index (χ2v) is 18.2. The summed E-state index contributed by atoms with van der Waals surface area (Å²) in [6.45, 7) is 2.36. The Balaban J connectivity index is 0.729. The SMILES string of the molecule is CN(CC1CCC(n2cc(NC(=O)c3cnn4ccc(N5C[C@H]6C[C@@H]5CO6)nc34)c(C(F)F)n2)CC1)C1CCC(Cc2cccc3c2n(C)c(=O)n3C2CCC(=O)NC2=O)CC1. The number of nitrogens with one attached hydrogen (secondary N) is 2. The maximum absolute atomic E-state index is 14.3. The number of nitrogens with zero attached hydrogens (tertiary/aromatic N) is 9. The van der Waals surface area contributed by atoms with Gasteiger partial charge in [-0.2, -0.15) is 10.2 Å². The Morgan fingerprint density at radius 2 is 1.81 bits per heavy atom. The number of alkyl halides is 2. The molecule has 2 saturated carbocycles. The number of amides is 3. The van der Waals surface area contributed by atoms with Gasteiger partial charge < -0.3 is 19.9 Å². The van der Waals surface area contributed by atoms with Crippen molar-refractivity contribution in [2.24, 2.45) is 18.9 Å². The number of piperidine rings is 1. The van der Waals surface area contributed by atoms with Crippen LogP contribution in [0.1, 0.15) is 111 Å². The molecule has 2 bridgehead atoms. The van der Waals surface area contributed by atoms with E-state index in [0.717, 1.165) is 99.7 Å². The fourth-order valence-electron chi connectivity index (χ4n) is 11.1. The molecule has 0 radical (unpaired) electrons. The van der Waals surface area contributed by atoms with Gasteiger partial charge in [0.1, 0.15) is 17.4 Å². The topological polar surface area (TPSA) is 166 Å². The molecule has 3 amide bonds. The fraction of sp³-hybridized carbons (Fsp3) is 0.568. The summed E-state index contributed by atoms with van der Waals surface area (Å²) in [6, 6.07) is 7.78. The van der Waals surface area contributed by atoms with Crippen LogP contribution in [0.4, 0.5) is 20.3 Å². The maximum atomic E-state index is 14.3. The summed E-state index contributed by atoms with van der Waals surface area (Å²) in [4.78, 5) is 60.9. The largest absolute Gasteiger partial charge is 0.374 e. The molecule has 0 spiro atoms. The first-order valence-electron chi connectivity index (χ1n) is 22.1. The van der Waals surface area contributed by atoms with E-state index >= 15 is 0 Å². The highest BCUT2D eigenvalue weighted by atomic mass is 19.3. The number of para-hydroxylation sites is 1. The number of ether oxygens (including phenoxy) is 1. The molecule has 7 heterocycles. The third-order valence-electron chi connectivity index (χ3n) is 14.4. The molecule has 62 heavy (non-hydrogen) atoms. The molecule has 2 aliphatic carbocycles. The normalized spacial score (nSPS) is 26.7. The Kier molecular flexibility index (Phi) is 10.7. The Morgan fingerprint density at radius 3 is 2.53 bits per heavy atom. The number of fused-ring (bicyclic) bond motifs is 4. The van der Waals surface area contributed by atoms with E-state index in [9.17, 15) is 28.0 Å². The smallest absolute Gasteiger partial charge is 0.329 e. The van der Waals surface area contributed by atoms with Crippen molar-refractivity contribution >= 4 is 45.9 Å². The molecule has 3 aliphatic heterocycles. The van der Waals surface area contributed by atoms with Gasteiger partial charge in [-0.15, -0.1) is 0 Å². The van der Waals surface area contributed by atoms with Crippen LogP contribution in [-0.4, -0.2) is 101 Å². The van der Waals surface area contributed by atoms with E-state index in [0.29, 0.717) is 36.6 Å². The van der Waals surface area contributed by atoms with E-state index in [2.05, 4.69) is 43.7 Å². The first-order valence-corrected chi connectivity index (χ1v) is 22.1. The van der Waals surface area contributed by atoms with Crippen LogP contribution in [0.25, 0.3) is 16.7 Å². The second kappa shape index (κ2) is 16.3. The average Bonchev–Trinajstić information content (AvgIpc) is 4.12. The fourth-order valence-corrected chi connectivity index (χ4v) is 11.1. The number of aromatic nitrogens is 7. The second-order valence-electron chi connectivity index (χ2n) is 18.2. The predicted molar refractivity (Wildman–Crippen MR) is 225 cm³/mol. The summed E-state index contributed by atoms with van der Waals surface area (Å²) in [5, 5.41) is 13.7. The van der Waals surface area contributed by atoms with Gasteiger partial charge in [-0.05, 0) is 107 Å². The third-order valence-corrected chi connectivity index (χ3v) is 14.4. The van der Waals surface area contributed by atoms with Crippen LogP contribution in [0.5, 0.6) is 0 Å². The molecule has 2 N–H and O–H groups in total. The number of halogens is 2. The molecule has 10 rings (SSSR count). The van der Waals surface area contributed by atoms with Gasteiger partial charge in [0.05, 0.1) is 47.7 Å². The Hall–Kier alpha value is -5.49. The van der Waals surface area contributed by atoms with Crippen molar-refractivity contribution in [2.45, 2.75) is 114 Å². The van der Waals surface area contributed by atoms with Crippen molar-refractivity contribution in [3.63, 3.8) is 0 Å². The van der Waals surface area contributed by atoms with Crippen molar-refractivity contribution in [3.8, 4) is 0 Å². The minimum atomic E-state index is -2.86. The number of imide groups is 1. The molecule has 1 aromatic carbocycles. The monoisotopic (exact) mass is 853 g/mol. The zero-order valence-corrected chi connectivity index (χ0v) is 35.1. The molecule has 3 atom stereocenters. The number of benzene rings is 1. The van der Waals surface area contributed by atoms with Crippen molar-refractivity contribution in [1.82, 2.24) is 43.7 Å². The van der Waals surface area contributed by atoms with E-state index < -0.39 is 30.0 Å². The van der Waals surface area contributed by atoms with Crippen LogP contribution >= 0.6 is 0 Å². The lowest BCUT2D eigenvalue weighted by Crippen LogP contribution is -2.44. The summed E-state index contributed by atoms with van der Waals surface area (Å²) in [5.41, 5.74) is 2.55. The Bertz CT molecular complexity index is 2580. The van der Waals surface area contributed by atoms with Crippen molar-refractivity contribution in [1.29, 1.82) is 0 Å². The zero-order chi connectivity index (χ0) is 42.8. The van der Waals surface area contributed by atoms with E-state index in [-0.39, 0.29) is 47.5 Å². The molecule has 5 fully saturated rings. The molecule has 328 valence electrons. The van der Waals surface area contributed by atoms with Crippen LogP contribution in [0, 0.1) is 11.8 Å². The van der Waals surface area contributed by atoms with Gasteiger partial charge in [-0.1, -0.05) is 12.1 Å². The van der Waals surface area contributed by atoms with Gasteiger partial charge in [0.15, 0.2) is 11.3 Å². The third kappa shape index (κ3) is 7.47. The van der Waals surface area contributed by atoms with Crippen LogP contribution in [0.3, 0.4) is 0 Å². The lowest BCUT2D eigenvalue weighted by molar-refractivity contribution is -0.135. The van der Waals surface area contributed by atoms with Crippen LogP contribution in [0.2, 0.25) is 0 Å². The summed E-state index contributed by atoms with van der Waals surface area (Å²) in [7, 11) is 3.98. The van der Waals surface area contributed by atoms with Crippen molar-refractivity contribution < 1.29 is 27.9 Å². The standard InChI is InChI=1S/C44H53F2N11O5/c1-52(28-10-6-25(7-11-28)18-27-4-3-5-34-39(27)53(2)44(61)57(34)35-14-15-37(58)50-43(35)60)21-26-8-12-29(13-9-26)56-23-33(38(51-56)40(45)46)48-42(59)32-20-47-55-17-16-36(49-41(32)55)54-22-31-19-30(54)24-62-31/h3-5,16-17,20,23,25-26,28-31,35,40H,6-15,18-19,21-22,24H2,1-2H3,(H,48,59)(H,50,58,60)/t25?,26?,28?,29?,30-,31-,35?/m1/s1. The van der Waals surface area contributed by atoms with Crippen molar-refractivity contribution in [2.75, 3.05) is 37.0 Å². The number of imidazole rings is 1. The number of carbonyl (C=O) groups is 3. The van der Waals surface area contributed by atoms with E-state index in [1.165, 1.54) is 10.7 Å². The lowest BCUT2D eigenvalue weighted by atomic mass is 9.81. The number of hydrogen-bond acceptors (Lipinski definition) is 10. The van der Waals surface area contributed by atoms with E-state index in [1.54, 1.807) is 33.3 Å². The van der Waals surface area contributed by atoms with Crippen LogP contribution < -0.4 is 21.2 Å². The molecule has 4 aromatic heterocycles. The first kappa shape index (κ1) is 40.6. The lowest BCUT2D eigenvalue weighted by Gasteiger charge is -2.38. The minimum absolute atomic E-state index is 0.00155. The molecular weight excluding hydrogens is 801 g/mol. The Morgan fingerprint density at radius 1 is 1.02 bits per heavy atom. The van der Waals surface area contributed by atoms with E-state index in [4.69, 9.17) is 9.72 Å². The van der Waals surface area contributed by atoms with Crippen LogP contribution in [0.15, 0.2) is 47.7 Å². The molecular formula is C44H53F2N11O5.